The summed E-state index contributed by atoms with van der Waals surface area (Å²) in [6, 6.07) is 8.65. The lowest BCUT2D eigenvalue weighted by Crippen LogP contribution is -2.22. The zero-order chi connectivity index (χ0) is 12.2. The maximum atomic E-state index is 5.81. The third kappa shape index (κ3) is 3.95. The summed E-state index contributed by atoms with van der Waals surface area (Å²) in [4.78, 5) is 0. The smallest absolute Gasteiger partial charge is 0.0625 e. The Morgan fingerprint density at radius 1 is 1.25 bits per heavy atom. The van der Waals surface area contributed by atoms with Gasteiger partial charge in [-0.15, -0.1) is 0 Å². The van der Waals surface area contributed by atoms with Crippen molar-refractivity contribution in [2.24, 2.45) is 5.73 Å². The fourth-order valence-corrected chi connectivity index (χ4v) is 1.54. The molecule has 2 nitrogen and oxygen atoms in total. The average molecular weight is 221 g/mol. The van der Waals surface area contributed by atoms with Gasteiger partial charge < -0.3 is 10.5 Å². The second-order valence-electron chi connectivity index (χ2n) is 4.99. The molecule has 0 saturated carbocycles. The molecule has 0 aliphatic rings. The zero-order valence-corrected chi connectivity index (χ0v) is 10.8. The van der Waals surface area contributed by atoms with Crippen molar-refractivity contribution < 1.29 is 4.74 Å². The normalized spacial score (nSPS) is 13.8. The molecule has 0 fully saturated rings. The number of aryl methyl sites for hydroxylation is 1. The molecule has 0 aliphatic carbocycles. The van der Waals surface area contributed by atoms with Gasteiger partial charge in [-0.25, -0.2) is 0 Å². The van der Waals surface area contributed by atoms with Crippen LogP contribution < -0.4 is 5.73 Å². The van der Waals surface area contributed by atoms with Crippen LogP contribution >= 0.6 is 0 Å². The summed E-state index contributed by atoms with van der Waals surface area (Å²) in [7, 11) is 1.76. The highest BCUT2D eigenvalue weighted by Gasteiger charge is 2.15. The zero-order valence-electron chi connectivity index (χ0n) is 10.8. The van der Waals surface area contributed by atoms with E-state index in [0.717, 1.165) is 12.8 Å². The van der Waals surface area contributed by atoms with Gasteiger partial charge >= 0.3 is 0 Å². The van der Waals surface area contributed by atoms with E-state index in [4.69, 9.17) is 10.5 Å². The molecule has 1 aromatic rings. The molecular weight excluding hydrogens is 198 g/mol. The second-order valence-corrected chi connectivity index (χ2v) is 4.99. The molecule has 0 amide bonds. The summed E-state index contributed by atoms with van der Waals surface area (Å²) in [6.45, 7) is 6.23. The highest BCUT2D eigenvalue weighted by atomic mass is 16.5. The summed E-state index contributed by atoms with van der Waals surface area (Å²) in [6.07, 6.45) is 2.07. The molecule has 2 heteroatoms. The molecule has 1 aromatic carbocycles. The van der Waals surface area contributed by atoms with Gasteiger partial charge in [-0.3, -0.25) is 0 Å². The second kappa shape index (κ2) is 5.46. The molecule has 0 aliphatic heterocycles. The van der Waals surface area contributed by atoms with Crippen LogP contribution in [-0.4, -0.2) is 12.7 Å². The Labute approximate surface area is 98.8 Å². The summed E-state index contributed by atoms with van der Waals surface area (Å²) in [5.74, 6) is 0. The van der Waals surface area contributed by atoms with Crippen molar-refractivity contribution in [1.29, 1.82) is 0 Å². The molecule has 0 aromatic heterocycles. The van der Waals surface area contributed by atoms with Gasteiger partial charge in [0.2, 0.25) is 0 Å². The first-order valence-electron chi connectivity index (χ1n) is 5.84. The van der Waals surface area contributed by atoms with Crippen LogP contribution in [0.25, 0.3) is 0 Å². The van der Waals surface area contributed by atoms with E-state index >= 15 is 0 Å². The molecule has 1 rings (SSSR count). The molecule has 0 radical (unpaired) electrons. The lowest BCUT2D eigenvalue weighted by Gasteiger charge is -2.22. The van der Waals surface area contributed by atoms with Gasteiger partial charge in [-0.05, 0) is 44.7 Å². The molecule has 90 valence electrons. The van der Waals surface area contributed by atoms with Crippen molar-refractivity contribution in [3.8, 4) is 0 Å². The van der Waals surface area contributed by atoms with Crippen LogP contribution in [0.15, 0.2) is 24.3 Å². The quantitative estimate of drug-likeness (QED) is 0.829. The molecule has 16 heavy (non-hydrogen) atoms. The van der Waals surface area contributed by atoms with Gasteiger partial charge in [0, 0.05) is 13.2 Å². The number of hydrogen-bond donors (Lipinski definition) is 1. The monoisotopic (exact) mass is 221 g/mol. The summed E-state index contributed by atoms with van der Waals surface area (Å²) >= 11 is 0. The Hall–Kier alpha value is -0.860. The average Bonchev–Trinajstić information content (AvgIpc) is 2.27. The Bertz CT molecular complexity index is 314. The molecule has 2 N–H and O–H groups in total. The van der Waals surface area contributed by atoms with Crippen LogP contribution in [0.2, 0.25) is 0 Å². The molecular formula is C14H23NO. The summed E-state index contributed by atoms with van der Waals surface area (Å²) in [5.41, 5.74) is 8.30. The van der Waals surface area contributed by atoms with Gasteiger partial charge in [0.15, 0.2) is 0 Å². The molecule has 1 unspecified atom stereocenters. The van der Waals surface area contributed by atoms with Crippen molar-refractivity contribution >= 4 is 0 Å². The van der Waals surface area contributed by atoms with Crippen molar-refractivity contribution in [2.45, 2.75) is 45.3 Å². The Morgan fingerprint density at radius 3 is 2.25 bits per heavy atom. The maximum absolute atomic E-state index is 5.81. The van der Waals surface area contributed by atoms with Gasteiger partial charge in [0.05, 0.1) is 5.60 Å². The van der Waals surface area contributed by atoms with E-state index < -0.39 is 0 Å². The molecule has 0 spiro atoms. The van der Waals surface area contributed by atoms with E-state index in [9.17, 15) is 0 Å². The van der Waals surface area contributed by atoms with E-state index in [2.05, 4.69) is 38.1 Å². The van der Waals surface area contributed by atoms with E-state index in [1.165, 1.54) is 11.1 Å². The lowest BCUT2D eigenvalue weighted by atomic mass is 9.97. The summed E-state index contributed by atoms with van der Waals surface area (Å²) in [5, 5.41) is 0. The minimum Gasteiger partial charge on any atom is -0.379 e. The SMILES string of the molecule is COC(C)(C)CCc1ccc(C(C)N)cc1. The molecule has 0 heterocycles. The first kappa shape index (κ1) is 13.2. The highest BCUT2D eigenvalue weighted by molar-refractivity contribution is 5.24. The molecule has 0 bridgehead atoms. The van der Waals surface area contributed by atoms with Crippen LogP contribution in [0, 0.1) is 0 Å². The van der Waals surface area contributed by atoms with Gasteiger partial charge in [0.1, 0.15) is 0 Å². The fraction of sp³-hybridized carbons (Fsp3) is 0.571. The van der Waals surface area contributed by atoms with Crippen molar-refractivity contribution in [3.05, 3.63) is 35.4 Å². The minimum atomic E-state index is -0.0418. The van der Waals surface area contributed by atoms with Crippen LogP contribution in [0.4, 0.5) is 0 Å². The molecule has 0 saturated heterocycles. The van der Waals surface area contributed by atoms with E-state index in [-0.39, 0.29) is 11.6 Å². The lowest BCUT2D eigenvalue weighted by molar-refractivity contribution is 0.0158. The van der Waals surface area contributed by atoms with E-state index in [1.54, 1.807) is 7.11 Å². The Morgan fingerprint density at radius 2 is 1.81 bits per heavy atom. The van der Waals surface area contributed by atoms with Crippen molar-refractivity contribution in [1.82, 2.24) is 0 Å². The number of methoxy groups -OCH3 is 1. The third-order valence-electron chi connectivity index (χ3n) is 3.07. The predicted molar refractivity (Wildman–Crippen MR) is 68.5 cm³/mol. The molecule has 1 atom stereocenters. The number of nitrogens with two attached hydrogens (primary N) is 1. The fourth-order valence-electron chi connectivity index (χ4n) is 1.54. The van der Waals surface area contributed by atoms with Gasteiger partial charge in [-0.2, -0.15) is 0 Å². The van der Waals surface area contributed by atoms with Crippen LogP contribution in [0.3, 0.4) is 0 Å². The van der Waals surface area contributed by atoms with Crippen LogP contribution in [0.1, 0.15) is 44.4 Å². The van der Waals surface area contributed by atoms with Crippen molar-refractivity contribution in [2.75, 3.05) is 7.11 Å². The Kier molecular flexibility index (Phi) is 4.51. The summed E-state index contributed by atoms with van der Waals surface area (Å²) < 4.78 is 5.40. The number of hydrogen-bond acceptors (Lipinski definition) is 2. The van der Waals surface area contributed by atoms with Crippen LogP contribution in [0.5, 0.6) is 0 Å². The van der Waals surface area contributed by atoms with E-state index in [0.29, 0.717) is 0 Å². The minimum absolute atomic E-state index is 0.0418. The number of ether oxygens (including phenoxy) is 1. The Balaban J connectivity index is 2.56. The van der Waals surface area contributed by atoms with E-state index in [1.807, 2.05) is 6.92 Å². The topological polar surface area (TPSA) is 35.2 Å². The standard InChI is InChI=1S/C14H23NO/c1-11(15)13-7-5-12(6-8-13)9-10-14(2,3)16-4/h5-8,11H,9-10,15H2,1-4H3. The van der Waals surface area contributed by atoms with Crippen LogP contribution in [-0.2, 0) is 11.2 Å². The predicted octanol–water partition coefficient (Wildman–Crippen LogP) is 3.06. The third-order valence-corrected chi connectivity index (χ3v) is 3.07. The van der Waals surface area contributed by atoms with Gasteiger partial charge in [0.25, 0.3) is 0 Å². The largest absolute Gasteiger partial charge is 0.379 e. The number of rotatable bonds is 5. The highest BCUT2D eigenvalue weighted by Crippen LogP contribution is 2.18. The van der Waals surface area contributed by atoms with Gasteiger partial charge in [-0.1, -0.05) is 24.3 Å². The number of benzene rings is 1. The maximum Gasteiger partial charge on any atom is 0.0625 e. The first-order valence-corrected chi connectivity index (χ1v) is 5.84. The van der Waals surface area contributed by atoms with Crippen molar-refractivity contribution in [3.63, 3.8) is 0 Å². The first-order chi connectivity index (χ1) is 7.44.